The zero-order chi connectivity index (χ0) is 13.8. The van der Waals surface area contributed by atoms with Crippen molar-refractivity contribution in [3.8, 4) is 0 Å². The zero-order valence-corrected chi connectivity index (χ0v) is 12.8. The van der Waals surface area contributed by atoms with Gasteiger partial charge < -0.3 is 5.32 Å². The van der Waals surface area contributed by atoms with Gasteiger partial charge in [0.15, 0.2) is 0 Å². The van der Waals surface area contributed by atoms with E-state index in [2.05, 4.69) is 55.3 Å². The van der Waals surface area contributed by atoms with Crippen molar-refractivity contribution in [1.82, 2.24) is 10.2 Å². The van der Waals surface area contributed by atoms with Gasteiger partial charge in [0.05, 0.1) is 0 Å². The molecule has 1 aliphatic rings. The van der Waals surface area contributed by atoms with Gasteiger partial charge in [0.2, 0.25) is 0 Å². The van der Waals surface area contributed by atoms with Gasteiger partial charge in [-0.2, -0.15) is 0 Å². The highest BCUT2D eigenvalue weighted by atomic mass is 15.2. The van der Waals surface area contributed by atoms with Crippen LogP contribution in [0.2, 0.25) is 0 Å². The van der Waals surface area contributed by atoms with Gasteiger partial charge in [0.1, 0.15) is 0 Å². The fourth-order valence-electron chi connectivity index (χ4n) is 3.22. The Hall–Kier alpha value is -0.860. The standard InChI is InChI=1S/C17H28N2/c1-13-9-15(3)19(11-13)12-16-5-7-17(8-6-16)14(2)10-18-4/h5-8,13-15,18H,9-12H2,1-4H3. The van der Waals surface area contributed by atoms with Crippen LogP contribution in [0.3, 0.4) is 0 Å². The summed E-state index contributed by atoms with van der Waals surface area (Å²) < 4.78 is 0. The molecule has 2 rings (SSSR count). The van der Waals surface area contributed by atoms with Crippen molar-refractivity contribution in [2.24, 2.45) is 5.92 Å². The smallest absolute Gasteiger partial charge is 0.0236 e. The second-order valence-corrected chi connectivity index (χ2v) is 6.32. The topological polar surface area (TPSA) is 15.3 Å². The van der Waals surface area contributed by atoms with Crippen molar-refractivity contribution in [3.63, 3.8) is 0 Å². The zero-order valence-electron chi connectivity index (χ0n) is 12.8. The minimum Gasteiger partial charge on any atom is -0.319 e. The minimum absolute atomic E-state index is 0.588. The highest BCUT2D eigenvalue weighted by Crippen LogP contribution is 2.24. The first-order valence-electron chi connectivity index (χ1n) is 7.57. The van der Waals surface area contributed by atoms with E-state index in [1.807, 2.05) is 7.05 Å². The molecule has 1 heterocycles. The fraction of sp³-hybridized carbons (Fsp3) is 0.647. The highest BCUT2D eigenvalue weighted by molar-refractivity contribution is 5.25. The second-order valence-electron chi connectivity index (χ2n) is 6.32. The Morgan fingerprint density at radius 2 is 1.95 bits per heavy atom. The summed E-state index contributed by atoms with van der Waals surface area (Å²) in [7, 11) is 2.01. The van der Waals surface area contributed by atoms with Crippen LogP contribution in [0, 0.1) is 5.92 Å². The third-order valence-electron chi connectivity index (χ3n) is 4.36. The molecule has 1 aromatic rings. The van der Waals surface area contributed by atoms with Gasteiger partial charge in [-0.1, -0.05) is 38.1 Å². The van der Waals surface area contributed by atoms with Gasteiger partial charge in [0, 0.05) is 25.7 Å². The predicted molar refractivity (Wildman–Crippen MR) is 82.4 cm³/mol. The molecule has 1 N–H and O–H groups in total. The summed E-state index contributed by atoms with van der Waals surface area (Å²) in [4.78, 5) is 2.61. The average Bonchev–Trinajstić information content (AvgIpc) is 2.69. The van der Waals surface area contributed by atoms with Gasteiger partial charge in [-0.05, 0) is 43.4 Å². The third-order valence-corrected chi connectivity index (χ3v) is 4.36. The molecule has 1 aliphatic heterocycles. The molecule has 2 nitrogen and oxygen atoms in total. The Bertz CT molecular complexity index is 385. The lowest BCUT2D eigenvalue weighted by atomic mass is 10.00. The van der Waals surface area contributed by atoms with Crippen LogP contribution < -0.4 is 5.32 Å². The molecule has 0 saturated carbocycles. The molecule has 2 heteroatoms. The fourth-order valence-corrected chi connectivity index (χ4v) is 3.22. The van der Waals surface area contributed by atoms with Crippen LogP contribution in [0.5, 0.6) is 0 Å². The minimum atomic E-state index is 0.588. The molecule has 1 saturated heterocycles. The summed E-state index contributed by atoms with van der Waals surface area (Å²) in [6.45, 7) is 10.4. The largest absolute Gasteiger partial charge is 0.319 e. The highest BCUT2D eigenvalue weighted by Gasteiger charge is 2.25. The first kappa shape index (κ1) is 14.5. The lowest BCUT2D eigenvalue weighted by molar-refractivity contribution is 0.256. The molecule has 0 aliphatic carbocycles. The van der Waals surface area contributed by atoms with Gasteiger partial charge in [-0.15, -0.1) is 0 Å². The van der Waals surface area contributed by atoms with Gasteiger partial charge in [-0.25, -0.2) is 0 Å². The summed E-state index contributed by atoms with van der Waals surface area (Å²) in [5, 5.41) is 3.24. The molecule has 0 bridgehead atoms. The number of likely N-dealkylation sites (tertiary alicyclic amines) is 1. The van der Waals surface area contributed by atoms with Crippen LogP contribution in [-0.4, -0.2) is 31.1 Å². The third kappa shape index (κ3) is 3.80. The molecule has 1 fully saturated rings. The van der Waals surface area contributed by atoms with E-state index >= 15 is 0 Å². The van der Waals surface area contributed by atoms with Crippen molar-refractivity contribution >= 4 is 0 Å². The maximum Gasteiger partial charge on any atom is 0.0236 e. The lowest BCUT2D eigenvalue weighted by Crippen LogP contribution is -2.26. The van der Waals surface area contributed by atoms with Crippen molar-refractivity contribution in [1.29, 1.82) is 0 Å². The molecule has 0 spiro atoms. The average molecular weight is 260 g/mol. The maximum atomic E-state index is 3.24. The summed E-state index contributed by atoms with van der Waals surface area (Å²) >= 11 is 0. The summed E-state index contributed by atoms with van der Waals surface area (Å²) in [5.41, 5.74) is 2.88. The first-order chi connectivity index (χ1) is 9.10. The van der Waals surface area contributed by atoms with Crippen molar-refractivity contribution in [2.75, 3.05) is 20.1 Å². The van der Waals surface area contributed by atoms with E-state index in [1.165, 1.54) is 24.1 Å². The van der Waals surface area contributed by atoms with E-state index in [1.54, 1.807) is 0 Å². The Labute approximate surface area is 118 Å². The van der Waals surface area contributed by atoms with Gasteiger partial charge in [0.25, 0.3) is 0 Å². The second kappa shape index (κ2) is 6.53. The Morgan fingerprint density at radius 3 is 2.47 bits per heavy atom. The molecule has 0 radical (unpaired) electrons. The van der Waals surface area contributed by atoms with E-state index < -0.39 is 0 Å². The molecule has 1 aromatic carbocycles. The van der Waals surface area contributed by atoms with E-state index in [0.29, 0.717) is 5.92 Å². The number of rotatable bonds is 5. The molecule has 106 valence electrons. The number of likely N-dealkylation sites (N-methyl/N-ethyl adjacent to an activating group) is 1. The van der Waals surface area contributed by atoms with Crippen molar-refractivity contribution < 1.29 is 0 Å². The lowest BCUT2D eigenvalue weighted by Gasteiger charge is -2.21. The van der Waals surface area contributed by atoms with Crippen LogP contribution in [0.25, 0.3) is 0 Å². The van der Waals surface area contributed by atoms with Crippen LogP contribution in [0.1, 0.15) is 44.2 Å². The quantitative estimate of drug-likeness (QED) is 0.874. The van der Waals surface area contributed by atoms with E-state index in [-0.39, 0.29) is 0 Å². The van der Waals surface area contributed by atoms with Crippen LogP contribution >= 0.6 is 0 Å². The SMILES string of the molecule is CNCC(C)c1ccc(CN2CC(C)CC2C)cc1. The van der Waals surface area contributed by atoms with Crippen LogP contribution in [-0.2, 0) is 6.54 Å². The van der Waals surface area contributed by atoms with Crippen LogP contribution in [0.4, 0.5) is 0 Å². The Balaban J connectivity index is 1.95. The van der Waals surface area contributed by atoms with E-state index in [0.717, 1.165) is 25.0 Å². The normalized spacial score (nSPS) is 25.7. The van der Waals surface area contributed by atoms with Crippen LogP contribution in [0.15, 0.2) is 24.3 Å². The van der Waals surface area contributed by atoms with Crippen molar-refractivity contribution in [2.45, 2.75) is 45.7 Å². The monoisotopic (exact) mass is 260 g/mol. The number of benzene rings is 1. The number of nitrogens with zero attached hydrogens (tertiary/aromatic N) is 1. The van der Waals surface area contributed by atoms with Gasteiger partial charge in [-0.3, -0.25) is 4.90 Å². The maximum absolute atomic E-state index is 3.24. The summed E-state index contributed by atoms with van der Waals surface area (Å²) in [6, 6.07) is 9.93. The Morgan fingerprint density at radius 1 is 1.26 bits per heavy atom. The predicted octanol–water partition coefficient (Wildman–Crippen LogP) is 3.24. The number of nitrogens with one attached hydrogen (secondary N) is 1. The van der Waals surface area contributed by atoms with E-state index in [9.17, 15) is 0 Å². The number of hydrogen-bond donors (Lipinski definition) is 1. The molecular formula is C17H28N2. The molecule has 0 amide bonds. The van der Waals surface area contributed by atoms with Crippen molar-refractivity contribution in [3.05, 3.63) is 35.4 Å². The molecule has 3 atom stereocenters. The first-order valence-corrected chi connectivity index (χ1v) is 7.57. The van der Waals surface area contributed by atoms with Gasteiger partial charge >= 0.3 is 0 Å². The summed E-state index contributed by atoms with van der Waals surface area (Å²) in [5.74, 6) is 1.44. The van der Waals surface area contributed by atoms with E-state index in [4.69, 9.17) is 0 Å². The number of hydrogen-bond acceptors (Lipinski definition) is 2. The summed E-state index contributed by atoms with van der Waals surface area (Å²) in [6.07, 6.45) is 1.34. The Kier molecular flexibility index (Phi) is 5.00. The molecular weight excluding hydrogens is 232 g/mol. The molecule has 19 heavy (non-hydrogen) atoms. The molecule has 3 unspecified atom stereocenters. The molecule has 0 aromatic heterocycles.